The number of hydrogen-bond donors (Lipinski definition) is 2. The Morgan fingerprint density at radius 1 is 1.25 bits per heavy atom. The predicted octanol–water partition coefficient (Wildman–Crippen LogP) is 2.73. The van der Waals surface area contributed by atoms with Crippen LogP contribution in [0.2, 0.25) is 0 Å². The second kappa shape index (κ2) is 8.60. The zero-order valence-electron chi connectivity index (χ0n) is 12.8. The normalized spacial score (nSPS) is 10.1. The van der Waals surface area contributed by atoms with Crippen molar-refractivity contribution in [3.63, 3.8) is 0 Å². The molecular formula is C16H15BrN2O4S. The average molecular weight is 411 g/mol. The summed E-state index contributed by atoms with van der Waals surface area (Å²) in [5, 5.41) is 6.83. The van der Waals surface area contributed by atoms with E-state index in [1.165, 1.54) is 11.3 Å². The van der Waals surface area contributed by atoms with Crippen LogP contribution in [-0.4, -0.2) is 30.9 Å². The molecule has 0 unspecified atom stereocenters. The molecule has 0 bridgehead atoms. The number of benzene rings is 1. The van der Waals surface area contributed by atoms with Crippen molar-refractivity contribution in [2.24, 2.45) is 0 Å². The minimum Gasteiger partial charge on any atom is -0.454 e. The molecule has 1 aromatic carbocycles. The molecule has 0 fully saturated rings. The van der Waals surface area contributed by atoms with Gasteiger partial charge in [-0.25, -0.2) is 0 Å². The summed E-state index contributed by atoms with van der Waals surface area (Å²) in [5.41, 5.74) is 1.59. The minimum atomic E-state index is -0.679. The largest absolute Gasteiger partial charge is 0.454 e. The van der Waals surface area contributed by atoms with Gasteiger partial charge in [0.2, 0.25) is 0 Å². The number of nitrogens with one attached hydrogen (secondary N) is 2. The number of aryl methyl sites for hydroxylation is 1. The highest BCUT2D eigenvalue weighted by atomic mass is 79.9. The molecule has 0 saturated heterocycles. The van der Waals surface area contributed by atoms with Gasteiger partial charge in [-0.05, 0) is 42.1 Å². The first-order valence-corrected chi connectivity index (χ1v) is 8.66. The molecule has 0 aliphatic carbocycles. The van der Waals surface area contributed by atoms with Gasteiger partial charge in [-0.3, -0.25) is 14.4 Å². The van der Waals surface area contributed by atoms with E-state index in [-0.39, 0.29) is 12.5 Å². The van der Waals surface area contributed by atoms with Gasteiger partial charge in [0.1, 0.15) is 6.54 Å². The van der Waals surface area contributed by atoms with Crippen LogP contribution in [0.4, 0.5) is 5.69 Å². The fourth-order valence-electron chi connectivity index (χ4n) is 1.76. The first kappa shape index (κ1) is 18.2. The van der Waals surface area contributed by atoms with Crippen LogP contribution in [0.25, 0.3) is 0 Å². The van der Waals surface area contributed by atoms with Crippen molar-refractivity contribution in [3.8, 4) is 0 Å². The molecule has 1 heterocycles. The summed E-state index contributed by atoms with van der Waals surface area (Å²) in [6.45, 7) is 1.19. The highest BCUT2D eigenvalue weighted by Gasteiger charge is 2.11. The number of carbonyl (C=O) groups is 3. The zero-order valence-corrected chi connectivity index (χ0v) is 15.2. The van der Waals surface area contributed by atoms with Gasteiger partial charge < -0.3 is 15.4 Å². The topological polar surface area (TPSA) is 84.5 Å². The Hall–Kier alpha value is -2.19. The van der Waals surface area contributed by atoms with Gasteiger partial charge in [0.05, 0.1) is 4.88 Å². The Morgan fingerprint density at radius 2 is 2.04 bits per heavy atom. The Bertz CT molecular complexity index is 747. The molecular weight excluding hydrogens is 396 g/mol. The zero-order chi connectivity index (χ0) is 17.5. The van der Waals surface area contributed by atoms with E-state index < -0.39 is 18.5 Å². The number of halogens is 1. The quantitative estimate of drug-likeness (QED) is 0.716. The first-order chi connectivity index (χ1) is 11.5. The van der Waals surface area contributed by atoms with Gasteiger partial charge >= 0.3 is 5.97 Å². The van der Waals surface area contributed by atoms with Gasteiger partial charge in [-0.2, -0.15) is 0 Å². The molecule has 0 saturated carbocycles. The molecule has 0 spiro atoms. The Labute approximate surface area is 151 Å². The van der Waals surface area contributed by atoms with Gasteiger partial charge in [0.15, 0.2) is 6.61 Å². The molecule has 6 nitrogen and oxygen atoms in total. The van der Waals surface area contributed by atoms with E-state index in [2.05, 4.69) is 26.6 Å². The van der Waals surface area contributed by atoms with Gasteiger partial charge in [0, 0.05) is 10.2 Å². The molecule has 2 rings (SSSR count). The number of esters is 1. The number of amides is 2. The second-order valence-electron chi connectivity index (χ2n) is 4.83. The number of hydrogen-bond acceptors (Lipinski definition) is 5. The number of thiophene rings is 1. The lowest BCUT2D eigenvalue weighted by Crippen LogP contribution is -2.31. The molecule has 126 valence electrons. The summed E-state index contributed by atoms with van der Waals surface area (Å²) in [4.78, 5) is 35.5. The van der Waals surface area contributed by atoms with E-state index in [0.717, 1.165) is 10.0 Å². The molecule has 2 N–H and O–H groups in total. The van der Waals surface area contributed by atoms with Crippen molar-refractivity contribution in [1.82, 2.24) is 5.32 Å². The molecule has 0 aliphatic rings. The highest BCUT2D eigenvalue weighted by Crippen LogP contribution is 2.19. The maximum absolute atomic E-state index is 11.8. The lowest BCUT2D eigenvalue weighted by atomic mass is 10.2. The molecule has 2 amide bonds. The number of ether oxygens (including phenoxy) is 1. The average Bonchev–Trinajstić information content (AvgIpc) is 3.08. The van der Waals surface area contributed by atoms with Crippen molar-refractivity contribution >= 4 is 50.7 Å². The Balaban J connectivity index is 1.72. The maximum atomic E-state index is 11.8. The van der Waals surface area contributed by atoms with Gasteiger partial charge in [0.25, 0.3) is 11.8 Å². The molecule has 1 aromatic heterocycles. The van der Waals surface area contributed by atoms with Crippen LogP contribution < -0.4 is 10.6 Å². The summed E-state index contributed by atoms with van der Waals surface area (Å²) in [5.74, 6) is -1.48. The number of carbonyl (C=O) groups excluding carboxylic acids is 3. The van der Waals surface area contributed by atoms with Crippen LogP contribution in [0.5, 0.6) is 0 Å². The monoisotopic (exact) mass is 410 g/mol. The first-order valence-electron chi connectivity index (χ1n) is 6.99. The van der Waals surface area contributed by atoms with E-state index >= 15 is 0 Å². The van der Waals surface area contributed by atoms with Crippen LogP contribution in [0.1, 0.15) is 15.2 Å². The van der Waals surface area contributed by atoms with E-state index in [1.807, 2.05) is 13.0 Å². The summed E-state index contributed by atoms with van der Waals surface area (Å²) in [6.07, 6.45) is 0. The Kier molecular flexibility index (Phi) is 6.51. The summed E-state index contributed by atoms with van der Waals surface area (Å²) >= 11 is 4.65. The van der Waals surface area contributed by atoms with Crippen LogP contribution in [0.15, 0.2) is 40.2 Å². The van der Waals surface area contributed by atoms with E-state index in [0.29, 0.717) is 10.6 Å². The third kappa shape index (κ3) is 5.47. The molecule has 0 atom stereocenters. The minimum absolute atomic E-state index is 0.290. The fraction of sp³-hybridized carbons (Fsp3) is 0.188. The van der Waals surface area contributed by atoms with Crippen LogP contribution >= 0.6 is 27.3 Å². The summed E-state index contributed by atoms with van der Waals surface area (Å²) < 4.78 is 5.76. The summed E-state index contributed by atoms with van der Waals surface area (Å²) in [7, 11) is 0. The lowest BCUT2D eigenvalue weighted by molar-refractivity contribution is -0.146. The van der Waals surface area contributed by atoms with Crippen molar-refractivity contribution in [2.45, 2.75) is 6.92 Å². The SMILES string of the molecule is Cc1cc(NC(=O)COC(=O)CNC(=O)c2cccs2)ccc1Br. The molecule has 8 heteroatoms. The fourth-order valence-corrected chi connectivity index (χ4v) is 2.65. The van der Waals surface area contributed by atoms with E-state index in [9.17, 15) is 14.4 Å². The smallest absolute Gasteiger partial charge is 0.325 e. The van der Waals surface area contributed by atoms with E-state index in [1.54, 1.807) is 29.6 Å². The Morgan fingerprint density at radius 3 is 2.71 bits per heavy atom. The highest BCUT2D eigenvalue weighted by molar-refractivity contribution is 9.10. The third-order valence-electron chi connectivity index (χ3n) is 2.94. The molecule has 0 aliphatic heterocycles. The second-order valence-corrected chi connectivity index (χ2v) is 6.63. The predicted molar refractivity (Wildman–Crippen MR) is 95.1 cm³/mol. The van der Waals surface area contributed by atoms with Crippen molar-refractivity contribution in [3.05, 3.63) is 50.6 Å². The van der Waals surface area contributed by atoms with Crippen LogP contribution in [-0.2, 0) is 14.3 Å². The van der Waals surface area contributed by atoms with Gasteiger partial charge in [-0.15, -0.1) is 11.3 Å². The standard InChI is InChI=1S/C16H15BrN2O4S/c1-10-7-11(4-5-12(10)17)19-14(20)9-23-15(21)8-18-16(22)13-3-2-6-24-13/h2-7H,8-9H2,1H3,(H,18,22)(H,19,20). The molecule has 2 aromatic rings. The molecule has 24 heavy (non-hydrogen) atoms. The number of anilines is 1. The van der Waals surface area contributed by atoms with Crippen LogP contribution in [0, 0.1) is 6.92 Å². The van der Waals surface area contributed by atoms with Crippen molar-refractivity contribution in [2.75, 3.05) is 18.5 Å². The van der Waals surface area contributed by atoms with E-state index in [4.69, 9.17) is 4.74 Å². The maximum Gasteiger partial charge on any atom is 0.325 e. The van der Waals surface area contributed by atoms with Gasteiger partial charge in [-0.1, -0.05) is 22.0 Å². The molecule has 0 radical (unpaired) electrons. The third-order valence-corrected chi connectivity index (χ3v) is 4.70. The summed E-state index contributed by atoms with van der Waals surface area (Å²) in [6, 6.07) is 8.74. The number of rotatable bonds is 6. The van der Waals surface area contributed by atoms with Crippen LogP contribution in [0.3, 0.4) is 0 Å². The van der Waals surface area contributed by atoms with Crippen molar-refractivity contribution in [1.29, 1.82) is 0 Å². The lowest BCUT2D eigenvalue weighted by Gasteiger charge is -2.08. The van der Waals surface area contributed by atoms with Crippen molar-refractivity contribution < 1.29 is 19.1 Å².